The average molecular weight is 502 g/mol. The van der Waals surface area contributed by atoms with E-state index in [1.165, 1.54) is 0 Å². The zero-order valence-corrected chi connectivity index (χ0v) is 20.9. The first-order chi connectivity index (χ1) is 18.2. The molecular weight excluding hydrogens is 470 g/mol. The summed E-state index contributed by atoms with van der Waals surface area (Å²) in [5.41, 5.74) is 4.71. The number of nitrogens with one attached hydrogen (secondary N) is 1. The Morgan fingerprint density at radius 1 is 1.14 bits per heavy atom. The maximum absolute atomic E-state index is 9.44. The standard InChI is InChI=1S/C28H31N5O4/c1-35-26-14-20(6-7-21(26)19-34)8-11-37-28-31-23(15-27(32-28)33-9-12-36-13-10-33)18-29-16-22-17-30-25-5-3-2-4-24(22)25/h2-7,14-17,30,34H,8-13,18-19H2,1H3. The first-order valence-corrected chi connectivity index (χ1v) is 12.4. The fourth-order valence-corrected chi connectivity index (χ4v) is 4.33. The first kappa shape index (κ1) is 24.7. The molecule has 3 heterocycles. The van der Waals surface area contributed by atoms with Crippen molar-refractivity contribution in [2.24, 2.45) is 4.99 Å². The Morgan fingerprint density at radius 3 is 2.84 bits per heavy atom. The summed E-state index contributed by atoms with van der Waals surface area (Å²) in [5.74, 6) is 1.49. The number of para-hydroxylation sites is 1. The van der Waals surface area contributed by atoms with Crippen molar-refractivity contribution in [2.45, 2.75) is 19.6 Å². The topological polar surface area (TPSA) is 105 Å². The summed E-state index contributed by atoms with van der Waals surface area (Å²) in [7, 11) is 1.60. The summed E-state index contributed by atoms with van der Waals surface area (Å²) in [6, 6.07) is 16.2. The molecule has 1 fully saturated rings. The summed E-state index contributed by atoms with van der Waals surface area (Å²) in [6.07, 6.45) is 4.49. The second-order valence-electron chi connectivity index (χ2n) is 8.76. The number of nitrogens with zero attached hydrogens (tertiary/aromatic N) is 4. The minimum absolute atomic E-state index is 0.0618. The van der Waals surface area contributed by atoms with Gasteiger partial charge in [0.25, 0.3) is 0 Å². The lowest BCUT2D eigenvalue weighted by Crippen LogP contribution is -2.37. The van der Waals surface area contributed by atoms with Crippen molar-refractivity contribution in [3.8, 4) is 11.8 Å². The highest BCUT2D eigenvalue weighted by molar-refractivity contribution is 5.98. The van der Waals surface area contributed by atoms with Gasteiger partial charge in [-0.3, -0.25) is 4.99 Å². The maximum Gasteiger partial charge on any atom is 0.318 e. The third kappa shape index (κ3) is 6.07. The van der Waals surface area contributed by atoms with E-state index >= 15 is 0 Å². The van der Waals surface area contributed by atoms with Crippen molar-refractivity contribution >= 4 is 22.9 Å². The summed E-state index contributed by atoms with van der Waals surface area (Å²) in [4.78, 5) is 19.4. The van der Waals surface area contributed by atoms with Gasteiger partial charge >= 0.3 is 6.01 Å². The zero-order valence-electron chi connectivity index (χ0n) is 20.9. The van der Waals surface area contributed by atoms with E-state index in [2.05, 4.69) is 30.9 Å². The van der Waals surface area contributed by atoms with E-state index in [9.17, 15) is 5.11 Å². The molecule has 2 N–H and O–H groups in total. The van der Waals surface area contributed by atoms with Crippen molar-refractivity contribution in [1.29, 1.82) is 0 Å². The Balaban J connectivity index is 1.30. The highest BCUT2D eigenvalue weighted by Gasteiger charge is 2.16. The van der Waals surface area contributed by atoms with Crippen molar-refractivity contribution < 1.29 is 19.3 Å². The number of methoxy groups -OCH3 is 1. The average Bonchev–Trinajstić information content (AvgIpc) is 3.36. The molecule has 9 heteroatoms. The number of fused-ring (bicyclic) bond motifs is 1. The van der Waals surface area contributed by atoms with Crippen LogP contribution in [0.2, 0.25) is 0 Å². The quantitative estimate of drug-likeness (QED) is 0.320. The van der Waals surface area contributed by atoms with Gasteiger partial charge in [0.05, 0.1) is 45.8 Å². The van der Waals surface area contributed by atoms with Crippen LogP contribution in [0.4, 0.5) is 5.82 Å². The molecule has 37 heavy (non-hydrogen) atoms. The Bertz CT molecular complexity index is 1360. The summed E-state index contributed by atoms with van der Waals surface area (Å²) in [5, 5.41) is 10.6. The van der Waals surface area contributed by atoms with Crippen molar-refractivity contribution in [1.82, 2.24) is 15.0 Å². The van der Waals surface area contributed by atoms with Gasteiger partial charge in [-0.2, -0.15) is 9.97 Å². The largest absolute Gasteiger partial charge is 0.496 e. The maximum atomic E-state index is 9.44. The van der Waals surface area contributed by atoms with Gasteiger partial charge in [0.15, 0.2) is 0 Å². The number of hydrogen-bond acceptors (Lipinski definition) is 8. The Hall–Kier alpha value is -3.95. The molecule has 0 bridgehead atoms. The highest BCUT2D eigenvalue weighted by Crippen LogP contribution is 2.22. The predicted molar refractivity (Wildman–Crippen MR) is 143 cm³/mol. The SMILES string of the molecule is COc1cc(CCOc2nc(CN=Cc3c[nH]c4ccccc34)cc(N3CCOCC3)n2)ccc1CO. The number of H-pyrrole nitrogens is 1. The van der Waals surface area contributed by atoms with Crippen LogP contribution in [0.15, 0.2) is 59.7 Å². The van der Waals surface area contributed by atoms with Gasteiger partial charge in [0.1, 0.15) is 11.6 Å². The predicted octanol–water partition coefficient (Wildman–Crippen LogP) is 3.54. The van der Waals surface area contributed by atoms with E-state index in [0.29, 0.717) is 44.5 Å². The van der Waals surface area contributed by atoms with Crippen LogP contribution in [0.3, 0.4) is 0 Å². The molecule has 0 unspecified atom stereocenters. The van der Waals surface area contributed by atoms with Crippen LogP contribution in [0.25, 0.3) is 10.9 Å². The molecule has 192 valence electrons. The van der Waals surface area contributed by atoms with Gasteiger partial charge in [-0.25, -0.2) is 0 Å². The molecule has 1 aliphatic heterocycles. The van der Waals surface area contributed by atoms with E-state index in [4.69, 9.17) is 14.2 Å². The number of anilines is 1. The molecule has 9 nitrogen and oxygen atoms in total. The summed E-state index contributed by atoms with van der Waals surface area (Å²) >= 11 is 0. The number of aromatic nitrogens is 3. The number of aromatic amines is 1. The smallest absolute Gasteiger partial charge is 0.318 e. The fraction of sp³-hybridized carbons (Fsp3) is 0.321. The Morgan fingerprint density at radius 2 is 2.00 bits per heavy atom. The second-order valence-corrected chi connectivity index (χ2v) is 8.76. The molecule has 5 rings (SSSR count). The molecule has 1 aliphatic rings. The van der Waals surface area contributed by atoms with E-state index in [-0.39, 0.29) is 6.61 Å². The molecule has 1 saturated heterocycles. The van der Waals surface area contributed by atoms with Gasteiger partial charge in [-0.1, -0.05) is 30.3 Å². The highest BCUT2D eigenvalue weighted by atomic mass is 16.5. The summed E-state index contributed by atoms with van der Waals surface area (Å²) in [6.45, 7) is 3.63. The first-order valence-electron chi connectivity index (χ1n) is 12.4. The molecule has 0 aliphatic carbocycles. The number of benzene rings is 2. The normalized spacial score (nSPS) is 13.9. The van der Waals surface area contributed by atoms with E-state index in [0.717, 1.165) is 52.2 Å². The molecule has 0 atom stereocenters. The number of rotatable bonds is 10. The third-order valence-electron chi connectivity index (χ3n) is 6.33. The molecule has 4 aromatic rings. The van der Waals surface area contributed by atoms with Crippen molar-refractivity contribution in [3.63, 3.8) is 0 Å². The Labute approximate surface area is 215 Å². The zero-order chi connectivity index (χ0) is 25.5. The number of morpholine rings is 1. The van der Waals surface area contributed by atoms with Crippen LogP contribution in [-0.2, 0) is 24.3 Å². The van der Waals surface area contributed by atoms with Crippen LogP contribution in [0, 0.1) is 0 Å². The van der Waals surface area contributed by atoms with Crippen molar-refractivity contribution in [3.05, 3.63) is 77.1 Å². The van der Waals surface area contributed by atoms with E-state index in [1.807, 2.05) is 54.9 Å². The van der Waals surface area contributed by atoms with Gasteiger partial charge < -0.3 is 29.2 Å². The molecule has 0 radical (unpaired) electrons. The van der Waals surface area contributed by atoms with Crippen LogP contribution < -0.4 is 14.4 Å². The van der Waals surface area contributed by atoms with E-state index < -0.39 is 0 Å². The Kier molecular flexibility index (Phi) is 7.93. The molecule has 0 spiro atoms. The third-order valence-corrected chi connectivity index (χ3v) is 6.33. The monoisotopic (exact) mass is 501 g/mol. The molecule has 2 aromatic carbocycles. The lowest BCUT2D eigenvalue weighted by molar-refractivity contribution is 0.122. The van der Waals surface area contributed by atoms with Gasteiger partial charge in [0.2, 0.25) is 0 Å². The number of aliphatic hydroxyl groups is 1. The van der Waals surface area contributed by atoms with Gasteiger partial charge in [-0.15, -0.1) is 0 Å². The van der Waals surface area contributed by atoms with Gasteiger partial charge in [-0.05, 0) is 17.7 Å². The number of ether oxygens (including phenoxy) is 3. The van der Waals surface area contributed by atoms with Gasteiger partial charge in [0, 0.05) is 60.0 Å². The lowest BCUT2D eigenvalue weighted by Gasteiger charge is -2.28. The van der Waals surface area contributed by atoms with E-state index in [1.54, 1.807) is 7.11 Å². The summed E-state index contributed by atoms with van der Waals surface area (Å²) < 4.78 is 16.9. The fourth-order valence-electron chi connectivity index (χ4n) is 4.33. The second kappa shape index (κ2) is 11.9. The number of aliphatic hydroxyl groups excluding tert-OH is 1. The minimum atomic E-state index is -0.0618. The van der Waals surface area contributed by atoms with Crippen LogP contribution in [0.5, 0.6) is 11.8 Å². The molecule has 2 aromatic heterocycles. The lowest BCUT2D eigenvalue weighted by atomic mass is 10.1. The van der Waals surface area contributed by atoms with Crippen LogP contribution >= 0.6 is 0 Å². The van der Waals surface area contributed by atoms with Crippen LogP contribution in [0.1, 0.15) is 22.4 Å². The van der Waals surface area contributed by atoms with Crippen molar-refractivity contribution in [2.75, 3.05) is 44.9 Å². The molecule has 0 saturated carbocycles. The number of hydrogen-bond donors (Lipinski definition) is 2. The minimum Gasteiger partial charge on any atom is -0.496 e. The molecule has 0 amide bonds. The number of aliphatic imine (C=N–C) groups is 1. The molecular formula is C28H31N5O4. The van der Waals surface area contributed by atoms with Crippen LogP contribution in [-0.4, -0.2) is 66.3 Å².